The Morgan fingerprint density at radius 2 is 2.00 bits per heavy atom. The first-order valence-electron chi connectivity index (χ1n) is 4.48. The van der Waals surface area contributed by atoms with Crippen molar-refractivity contribution in [3.8, 4) is 0 Å². The number of benzene rings is 1. The molecular formula is C10H10N2S3. The van der Waals surface area contributed by atoms with E-state index in [-0.39, 0.29) is 0 Å². The zero-order valence-corrected chi connectivity index (χ0v) is 10.5. The Kier molecular flexibility index (Phi) is 4.05. The molecule has 1 aromatic carbocycles. The molecule has 0 bridgehead atoms. The van der Waals surface area contributed by atoms with Crippen LogP contribution >= 0.6 is 35.7 Å². The second-order valence-electron chi connectivity index (χ2n) is 2.89. The Morgan fingerprint density at radius 1 is 1.20 bits per heavy atom. The van der Waals surface area contributed by atoms with Crippen LogP contribution in [-0.2, 0) is 11.5 Å². The van der Waals surface area contributed by atoms with Crippen molar-refractivity contribution < 1.29 is 0 Å². The fourth-order valence-corrected chi connectivity index (χ4v) is 3.05. The van der Waals surface area contributed by atoms with Gasteiger partial charge >= 0.3 is 0 Å². The van der Waals surface area contributed by atoms with Crippen molar-refractivity contribution >= 4 is 35.7 Å². The van der Waals surface area contributed by atoms with Crippen molar-refractivity contribution in [3.63, 3.8) is 0 Å². The second kappa shape index (κ2) is 5.53. The first-order chi connectivity index (χ1) is 7.38. The number of thioether (sulfide) groups is 1. The lowest BCUT2D eigenvalue weighted by molar-refractivity contribution is 0.979. The predicted octanol–water partition coefficient (Wildman–Crippen LogP) is 3.26. The van der Waals surface area contributed by atoms with Crippen molar-refractivity contribution in [2.75, 3.05) is 0 Å². The summed E-state index contributed by atoms with van der Waals surface area (Å²) in [6.07, 6.45) is 0. The van der Waals surface area contributed by atoms with Crippen molar-refractivity contribution in [1.29, 1.82) is 0 Å². The predicted molar refractivity (Wildman–Crippen MR) is 68.6 cm³/mol. The van der Waals surface area contributed by atoms with Crippen LogP contribution in [0.15, 0.2) is 34.7 Å². The summed E-state index contributed by atoms with van der Waals surface area (Å²) in [4.78, 5) is 0. The maximum Gasteiger partial charge on any atom is 0.174 e. The van der Waals surface area contributed by atoms with Gasteiger partial charge in [0, 0.05) is 11.5 Å². The van der Waals surface area contributed by atoms with Gasteiger partial charge in [0.1, 0.15) is 5.01 Å². The molecule has 78 valence electrons. The zero-order chi connectivity index (χ0) is 10.5. The average molecular weight is 254 g/mol. The molecule has 0 fully saturated rings. The van der Waals surface area contributed by atoms with Crippen molar-refractivity contribution in [2.24, 2.45) is 0 Å². The summed E-state index contributed by atoms with van der Waals surface area (Å²) in [5.74, 6) is 1.62. The standard InChI is InChI=1S/C10H10N2S3/c13-6-9-11-12-10(15-9)14-7-8-4-2-1-3-5-8/h1-5,13H,6-7H2. The quantitative estimate of drug-likeness (QED) is 0.670. The highest BCUT2D eigenvalue weighted by molar-refractivity contribution is 8.00. The van der Waals surface area contributed by atoms with Crippen LogP contribution in [0.5, 0.6) is 0 Å². The SMILES string of the molecule is SCc1nnc(SCc2ccccc2)s1. The molecule has 1 aromatic heterocycles. The van der Waals surface area contributed by atoms with Gasteiger partial charge in [-0.15, -0.1) is 10.2 Å². The minimum absolute atomic E-state index is 0.670. The summed E-state index contributed by atoms with van der Waals surface area (Å²) < 4.78 is 1.02. The Labute approximate surface area is 103 Å². The highest BCUT2D eigenvalue weighted by Crippen LogP contribution is 2.26. The number of aromatic nitrogens is 2. The third-order valence-electron chi connectivity index (χ3n) is 1.79. The van der Waals surface area contributed by atoms with Crippen LogP contribution in [0.3, 0.4) is 0 Å². The molecular weight excluding hydrogens is 244 g/mol. The maximum atomic E-state index is 4.16. The highest BCUT2D eigenvalue weighted by Gasteiger charge is 2.03. The lowest BCUT2D eigenvalue weighted by Gasteiger charge is -1.96. The summed E-state index contributed by atoms with van der Waals surface area (Å²) >= 11 is 7.50. The maximum absolute atomic E-state index is 4.16. The Bertz CT molecular complexity index is 414. The van der Waals surface area contributed by atoms with Crippen LogP contribution in [0.25, 0.3) is 0 Å². The first kappa shape index (κ1) is 11.0. The highest BCUT2D eigenvalue weighted by atomic mass is 32.2. The third-order valence-corrected chi connectivity index (χ3v) is 4.43. The minimum atomic E-state index is 0.670. The zero-order valence-electron chi connectivity index (χ0n) is 7.96. The molecule has 0 unspecified atom stereocenters. The molecule has 0 saturated heterocycles. The molecule has 0 N–H and O–H groups in total. The van der Waals surface area contributed by atoms with Crippen LogP contribution in [-0.4, -0.2) is 10.2 Å². The Balaban J connectivity index is 1.93. The molecule has 0 atom stereocenters. The van der Waals surface area contributed by atoms with Gasteiger partial charge in [0.05, 0.1) is 0 Å². The summed E-state index contributed by atoms with van der Waals surface area (Å²) in [5, 5.41) is 9.08. The molecule has 15 heavy (non-hydrogen) atoms. The van der Waals surface area contributed by atoms with Gasteiger partial charge in [-0.2, -0.15) is 12.6 Å². The molecule has 0 radical (unpaired) electrons. The number of rotatable bonds is 4. The van der Waals surface area contributed by atoms with Gasteiger partial charge < -0.3 is 0 Å². The molecule has 0 aliphatic carbocycles. The van der Waals surface area contributed by atoms with E-state index in [0.717, 1.165) is 15.1 Å². The van der Waals surface area contributed by atoms with E-state index in [4.69, 9.17) is 0 Å². The van der Waals surface area contributed by atoms with Gasteiger partial charge in [-0.05, 0) is 5.56 Å². The monoisotopic (exact) mass is 254 g/mol. The van der Waals surface area contributed by atoms with Gasteiger partial charge in [-0.3, -0.25) is 0 Å². The fourth-order valence-electron chi connectivity index (χ4n) is 1.08. The minimum Gasteiger partial charge on any atom is -0.172 e. The van der Waals surface area contributed by atoms with Gasteiger partial charge in [0.15, 0.2) is 4.34 Å². The van der Waals surface area contributed by atoms with Crippen molar-refractivity contribution in [3.05, 3.63) is 40.9 Å². The van der Waals surface area contributed by atoms with Crippen LogP contribution < -0.4 is 0 Å². The molecule has 2 nitrogen and oxygen atoms in total. The van der Waals surface area contributed by atoms with Crippen LogP contribution in [0, 0.1) is 0 Å². The van der Waals surface area contributed by atoms with Crippen molar-refractivity contribution in [1.82, 2.24) is 10.2 Å². The lowest BCUT2D eigenvalue weighted by atomic mass is 10.2. The smallest absolute Gasteiger partial charge is 0.172 e. The largest absolute Gasteiger partial charge is 0.174 e. The number of nitrogens with zero attached hydrogens (tertiary/aromatic N) is 2. The third kappa shape index (κ3) is 3.22. The molecule has 0 aliphatic rings. The summed E-state index contributed by atoms with van der Waals surface area (Å²) in [6.45, 7) is 0. The van der Waals surface area contributed by atoms with E-state index < -0.39 is 0 Å². The van der Waals surface area contributed by atoms with E-state index in [1.54, 1.807) is 23.1 Å². The first-order valence-corrected chi connectivity index (χ1v) is 6.92. The Hall–Kier alpha value is -0.520. The molecule has 2 aromatic rings. The molecule has 0 aliphatic heterocycles. The Morgan fingerprint density at radius 3 is 2.67 bits per heavy atom. The molecule has 0 spiro atoms. The van der Waals surface area contributed by atoms with E-state index in [1.807, 2.05) is 6.07 Å². The molecule has 2 rings (SSSR count). The van der Waals surface area contributed by atoms with Gasteiger partial charge in [0.2, 0.25) is 0 Å². The summed E-state index contributed by atoms with van der Waals surface area (Å²) in [6, 6.07) is 10.4. The molecule has 0 amide bonds. The van der Waals surface area contributed by atoms with Gasteiger partial charge in [-0.1, -0.05) is 53.4 Å². The lowest BCUT2D eigenvalue weighted by Crippen LogP contribution is -1.78. The van der Waals surface area contributed by atoms with E-state index >= 15 is 0 Å². The number of hydrogen-bond acceptors (Lipinski definition) is 5. The normalized spacial score (nSPS) is 10.5. The molecule has 5 heteroatoms. The van der Waals surface area contributed by atoms with E-state index in [0.29, 0.717) is 5.75 Å². The molecule has 0 saturated carbocycles. The number of hydrogen-bond donors (Lipinski definition) is 1. The topological polar surface area (TPSA) is 25.8 Å². The van der Waals surface area contributed by atoms with Gasteiger partial charge in [0.25, 0.3) is 0 Å². The fraction of sp³-hybridized carbons (Fsp3) is 0.200. The molecule has 1 heterocycles. The summed E-state index contributed by atoms with van der Waals surface area (Å²) in [7, 11) is 0. The van der Waals surface area contributed by atoms with Gasteiger partial charge in [-0.25, -0.2) is 0 Å². The van der Waals surface area contributed by atoms with Crippen LogP contribution in [0.4, 0.5) is 0 Å². The second-order valence-corrected chi connectivity index (χ2v) is 5.49. The van der Waals surface area contributed by atoms with Crippen LogP contribution in [0.1, 0.15) is 10.6 Å². The van der Waals surface area contributed by atoms with Crippen LogP contribution in [0.2, 0.25) is 0 Å². The number of thiol groups is 1. The summed E-state index contributed by atoms with van der Waals surface area (Å²) in [5.41, 5.74) is 1.31. The van der Waals surface area contributed by atoms with E-state index in [9.17, 15) is 0 Å². The van der Waals surface area contributed by atoms with E-state index in [2.05, 4.69) is 47.1 Å². The average Bonchev–Trinajstić information content (AvgIpc) is 2.76. The van der Waals surface area contributed by atoms with Crippen molar-refractivity contribution in [2.45, 2.75) is 15.8 Å². The van der Waals surface area contributed by atoms with E-state index in [1.165, 1.54) is 5.56 Å².